The molecule has 2 aliphatic rings. The zero-order chi connectivity index (χ0) is 22.6. The van der Waals surface area contributed by atoms with Crippen molar-refractivity contribution in [3.63, 3.8) is 0 Å². The normalized spacial score (nSPS) is 22.0. The summed E-state index contributed by atoms with van der Waals surface area (Å²) in [6, 6.07) is 12.5. The molecule has 0 saturated carbocycles. The van der Waals surface area contributed by atoms with Crippen molar-refractivity contribution < 1.29 is 19.1 Å². The average molecular weight is 533 g/mol. The van der Waals surface area contributed by atoms with Crippen LogP contribution in [0.5, 0.6) is 11.5 Å². The van der Waals surface area contributed by atoms with E-state index in [1.165, 1.54) is 16.7 Å². The molecule has 164 valence electrons. The third kappa shape index (κ3) is 3.28. The van der Waals surface area contributed by atoms with Crippen molar-refractivity contribution in [1.82, 2.24) is 4.98 Å². The summed E-state index contributed by atoms with van der Waals surface area (Å²) in [5.41, 5.74) is 1.31. The Labute approximate surface area is 199 Å². The van der Waals surface area contributed by atoms with Gasteiger partial charge >= 0.3 is 4.87 Å². The van der Waals surface area contributed by atoms with Crippen LogP contribution in [0.25, 0.3) is 0 Å². The number of thiazole rings is 1. The van der Waals surface area contributed by atoms with Crippen molar-refractivity contribution in [2.75, 3.05) is 19.1 Å². The Morgan fingerprint density at radius 2 is 1.69 bits per heavy atom. The molecule has 1 aromatic heterocycles. The molecule has 3 aromatic rings. The fraction of sp³-hybridized carbons (Fsp3) is 0.227. The lowest BCUT2D eigenvalue weighted by molar-refractivity contribution is -0.122. The number of ether oxygens (including phenoxy) is 2. The number of methoxy groups -OCH3 is 2. The second-order valence-electron chi connectivity index (χ2n) is 7.35. The molecule has 0 unspecified atom stereocenters. The quantitative estimate of drug-likeness (QED) is 0.510. The highest BCUT2D eigenvalue weighted by molar-refractivity contribution is 9.10. The van der Waals surface area contributed by atoms with Gasteiger partial charge in [0.2, 0.25) is 11.8 Å². The summed E-state index contributed by atoms with van der Waals surface area (Å²) in [5.74, 6) is -0.585. The highest BCUT2D eigenvalue weighted by atomic mass is 79.9. The Hall–Kier alpha value is -2.56. The van der Waals surface area contributed by atoms with Crippen LogP contribution in [0, 0.1) is 5.92 Å². The Morgan fingerprint density at radius 3 is 2.38 bits per heavy atom. The van der Waals surface area contributed by atoms with E-state index in [0.29, 0.717) is 22.2 Å². The molecule has 2 amide bonds. The van der Waals surface area contributed by atoms with E-state index in [0.717, 1.165) is 26.3 Å². The van der Waals surface area contributed by atoms with E-state index >= 15 is 0 Å². The van der Waals surface area contributed by atoms with Gasteiger partial charge in [-0.2, -0.15) is 0 Å². The number of fused-ring (bicyclic) bond motifs is 2. The topological polar surface area (TPSA) is 88.7 Å². The molecule has 2 aliphatic heterocycles. The number of aromatic amines is 1. The predicted octanol–water partition coefficient (Wildman–Crippen LogP) is 4.01. The number of amides is 2. The lowest BCUT2D eigenvalue weighted by atomic mass is 9.83. The minimum Gasteiger partial charge on any atom is -0.493 e. The first-order valence-corrected chi connectivity index (χ1v) is 12.2. The van der Waals surface area contributed by atoms with Crippen LogP contribution in [0.4, 0.5) is 5.69 Å². The lowest BCUT2D eigenvalue weighted by Crippen LogP contribution is -2.32. The number of anilines is 1. The smallest absolute Gasteiger partial charge is 0.305 e. The van der Waals surface area contributed by atoms with E-state index in [2.05, 4.69) is 20.9 Å². The number of carbonyl (C=O) groups excluding carboxylic acids is 2. The number of hydrogen-bond donors (Lipinski definition) is 1. The molecule has 10 heteroatoms. The van der Waals surface area contributed by atoms with Gasteiger partial charge in [0.1, 0.15) is 5.25 Å². The van der Waals surface area contributed by atoms with Crippen molar-refractivity contribution in [1.29, 1.82) is 0 Å². The minimum absolute atomic E-state index is 0.211. The maximum Gasteiger partial charge on any atom is 0.305 e. The summed E-state index contributed by atoms with van der Waals surface area (Å²) < 4.78 is 11.7. The highest BCUT2D eigenvalue weighted by Gasteiger charge is 2.56. The number of halogens is 1. The molecule has 5 rings (SSSR count). The summed E-state index contributed by atoms with van der Waals surface area (Å²) in [7, 11) is 3.09. The van der Waals surface area contributed by atoms with E-state index in [-0.39, 0.29) is 16.7 Å². The van der Waals surface area contributed by atoms with Crippen LogP contribution in [-0.2, 0) is 9.59 Å². The maximum atomic E-state index is 13.7. The van der Waals surface area contributed by atoms with Gasteiger partial charge in [0, 0.05) is 15.3 Å². The van der Waals surface area contributed by atoms with Crippen LogP contribution in [0.15, 0.2) is 56.8 Å². The number of H-pyrrole nitrogens is 1. The Bertz CT molecular complexity index is 1290. The molecule has 1 saturated heterocycles. The number of nitrogens with zero attached hydrogens (tertiary/aromatic N) is 1. The van der Waals surface area contributed by atoms with Crippen molar-refractivity contribution in [2.24, 2.45) is 5.92 Å². The number of carbonyl (C=O) groups is 2. The third-order valence-electron chi connectivity index (χ3n) is 5.68. The van der Waals surface area contributed by atoms with Gasteiger partial charge in [-0.25, -0.2) is 4.90 Å². The molecule has 32 heavy (non-hydrogen) atoms. The molecule has 3 atom stereocenters. The maximum absolute atomic E-state index is 13.7. The largest absolute Gasteiger partial charge is 0.493 e. The van der Waals surface area contributed by atoms with Gasteiger partial charge in [0.05, 0.1) is 30.9 Å². The van der Waals surface area contributed by atoms with Crippen LogP contribution in [0.2, 0.25) is 0 Å². The molecule has 3 heterocycles. The Balaban J connectivity index is 1.65. The molecule has 7 nitrogen and oxygen atoms in total. The number of rotatable bonds is 4. The van der Waals surface area contributed by atoms with Crippen molar-refractivity contribution in [2.45, 2.75) is 16.2 Å². The SMILES string of the molecule is COc1ccc([C@@H]2c3sc(=O)[nH]c3S[C@@H]3C(=O)N(c4ccc(Br)cc4)C(=O)[C@@H]23)cc1OC. The molecular formula is C22H17BrN2O5S2. The van der Waals surface area contributed by atoms with Gasteiger partial charge < -0.3 is 14.5 Å². The summed E-state index contributed by atoms with van der Waals surface area (Å²) in [6.45, 7) is 0. The molecule has 1 fully saturated rings. The molecule has 1 N–H and O–H groups in total. The average Bonchev–Trinajstić information content (AvgIpc) is 3.28. The molecule has 0 spiro atoms. The molecule has 0 radical (unpaired) electrons. The standard InChI is InChI=1S/C22H17BrN2O5S2/c1-29-13-8-3-10(9-14(13)30-2)15-16-18(31-19-17(15)32-22(28)24-19)21(27)25(20(16)26)12-6-4-11(23)5-7-12/h3-9,15-16,18H,1-2H3,(H,24,28)/t15-,16-,18-/m0/s1. The van der Waals surface area contributed by atoms with Gasteiger partial charge in [0.25, 0.3) is 0 Å². The first-order chi connectivity index (χ1) is 15.4. The molecular weight excluding hydrogens is 516 g/mol. The van der Waals surface area contributed by atoms with E-state index in [4.69, 9.17) is 9.47 Å². The molecule has 0 bridgehead atoms. The van der Waals surface area contributed by atoms with E-state index < -0.39 is 17.1 Å². The monoisotopic (exact) mass is 532 g/mol. The van der Waals surface area contributed by atoms with Gasteiger partial charge in [-0.1, -0.05) is 45.1 Å². The van der Waals surface area contributed by atoms with Gasteiger partial charge in [-0.3, -0.25) is 14.4 Å². The predicted molar refractivity (Wildman–Crippen MR) is 126 cm³/mol. The number of benzene rings is 2. The van der Waals surface area contributed by atoms with E-state index in [1.54, 1.807) is 44.6 Å². The summed E-state index contributed by atoms with van der Waals surface area (Å²) in [5, 5.41) is 0.00170. The van der Waals surface area contributed by atoms with Crippen LogP contribution in [-0.4, -0.2) is 36.3 Å². The van der Waals surface area contributed by atoms with Gasteiger partial charge in [-0.15, -0.1) is 0 Å². The first kappa shape index (κ1) is 21.3. The van der Waals surface area contributed by atoms with Crippen LogP contribution in [0.3, 0.4) is 0 Å². The number of nitrogens with one attached hydrogen (secondary N) is 1. The van der Waals surface area contributed by atoms with Gasteiger partial charge in [-0.05, 0) is 42.0 Å². The zero-order valence-corrected chi connectivity index (χ0v) is 20.2. The van der Waals surface area contributed by atoms with Crippen LogP contribution in [0.1, 0.15) is 16.4 Å². The number of aromatic nitrogens is 1. The number of thioether (sulfide) groups is 1. The fourth-order valence-electron chi connectivity index (χ4n) is 4.27. The molecule has 0 aliphatic carbocycles. The molecule has 2 aromatic carbocycles. The van der Waals surface area contributed by atoms with Gasteiger partial charge in [0.15, 0.2) is 11.5 Å². The van der Waals surface area contributed by atoms with E-state index in [9.17, 15) is 14.4 Å². The van der Waals surface area contributed by atoms with Crippen LogP contribution >= 0.6 is 39.0 Å². The Kier molecular flexibility index (Phi) is 5.39. The third-order valence-corrected chi connectivity index (χ3v) is 8.61. The fourth-order valence-corrected chi connectivity index (χ4v) is 7.05. The first-order valence-electron chi connectivity index (χ1n) is 9.68. The minimum atomic E-state index is -0.645. The van der Waals surface area contributed by atoms with Crippen molar-refractivity contribution in [3.8, 4) is 11.5 Å². The second kappa shape index (κ2) is 8.09. The lowest BCUT2D eigenvalue weighted by Gasteiger charge is -2.30. The highest BCUT2D eigenvalue weighted by Crippen LogP contribution is 2.53. The second-order valence-corrected chi connectivity index (χ2v) is 10.4. The van der Waals surface area contributed by atoms with Crippen molar-refractivity contribution >= 4 is 56.5 Å². The number of imide groups is 1. The number of hydrogen-bond acceptors (Lipinski definition) is 7. The summed E-state index contributed by atoms with van der Waals surface area (Å²) in [4.78, 5) is 43.9. The van der Waals surface area contributed by atoms with E-state index in [1.807, 2.05) is 12.1 Å². The Morgan fingerprint density at radius 1 is 0.969 bits per heavy atom. The zero-order valence-electron chi connectivity index (χ0n) is 17.0. The van der Waals surface area contributed by atoms with Crippen LogP contribution < -0.4 is 19.2 Å². The summed E-state index contributed by atoms with van der Waals surface area (Å²) in [6.07, 6.45) is 0. The summed E-state index contributed by atoms with van der Waals surface area (Å²) >= 11 is 5.72. The van der Waals surface area contributed by atoms with Crippen molar-refractivity contribution in [3.05, 3.63) is 67.0 Å².